The van der Waals surface area contributed by atoms with Crippen molar-refractivity contribution < 1.29 is 13.2 Å². The maximum atomic E-state index is 12.2. The average Bonchev–Trinajstić information content (AvgIpc) is 3.65. The Hall–Kier alpha value is -3.31. The number of carbonyl (C=O) groups is 1. The van der Waals surface area contributed by atoms with Gasteiger partial charge in [-0.3, -0.25) is 4.79 Å². The van der Waals surface area contributed by atoms with Crippen LogP contribution in [0.1, 0.15) is 37.3 Å². The number of nitrogen functional groups attached to an aromatic ring is 1. The number of hydrogen-bond acceptors (Lipinski definition) is 7. The van der Waals surface area contributed by atoms with E-state index in [1.165, 1.54) is 12.4 Å². The zero-order chi connectivity index (χ0) is 23.9. The third-order valence-corrected chi connectivity index (χ3v) is 8.31. The minimum Gasteiger partial charge on any atom is -0.383 e. The number of fused-ring (bicyclic) bond motifs is 1. The van der Waals surface area contributed by atoms with Crippen LogP contribution in [-0.2, 0) is 21.4 Å². The summed E-state index contributed by atoms with van der Waals surface area (Å²) in [7, 11) is -3.24. The zero-order valence-corrected chi connectivity index (χ0v) is 19.5. The minimum atomic E-state index is -3.24. The molecule has 0 radical (unpaired) electrons. The van der Waals surface area contributed by atoms with E-state index in [0.717, 1.165) is 36.8 Å². The Kier molecular flexibility index (Phi) is 5.82. The van der Waals surface area contributed by atoms with Gasteiger partial charge in [-0.05, 0) is 37.3 Å². The number of carbonyl (C=O) groups excluding carboxylic acids is 1. The topological polar surface area (TPSA) is 136 Å². The highest BCUT2D eigenvalue weighted by Crippen LogP contribution is 2.34. The first-order chi connectivity index (χ1) is 16.4. The number of anilines is 1. The van der Waals surface area contributed by atoms with Crippen LogP contribution < -0.4 is 10.5 Å². The van der Waals surface area contributed by atoms with Crippen molar-refractivity contribution in [1.82, 2.24) is 29.4 Å². The second kappa shape index (κ2) is 8.80. The van der Waals surface area contributed by atoms with Gasteiger partial charge in [-0.15, -0.1) is 0 Å². The summed E-state index contributed by atoms with van der Waals surface area (Å²) in [5.41, 5.74) is 9.20. The van der Waals surface area contributed by atoms with Crippen molar-refractivity contribution in [1.29, 1.82) is 0 Å². The summed E-state index contributed by atoms with van der Waals surface area (Å²) in [6.07, 6.45) is 5.93. The van der Waals surface area contributed by atoms with Gasteiger partial charge >= 0.3 is 0 Å². The number of rotatable bonds is 7. The molecule has 10 nitrogen and oxygen atoms in total. The van der Waals surface area contributed by atoms with E-state index in [1.54, 1.807) is 4.90 Å². The van der Waals surface area contributed by atoms with E-state index in [0.29, 0.717) is 35.6 Å². The van der Waals surface area contributed by atoms with E-state index in [4.69, 9.17) is 10.8 Å². The molecule has 11 heteroatoms. The predicted molar refractivity (Wildman–Crippen MR) is 129 cm³/mol. The highest BCUT2D eigenvalue weighted by molar-refractivity contribution is 7.90. The normalized spacial score (nSPS) is 18.8. The van der Waals surface area contributed by atoms with Gasteiger partial charge in [-0.25, -0.2) is 27.8 Å². The molecule has 2 fully saturated rings. The Morgan fingerprint density at radius 2 is 1.97 bits per heavy atom. The van der Waals surface area contributed by atoms with Crippen LogP contribution in [0.25, 0.3) is 22.3 Å². The number of amides is 1. The molecule has 178 valence electrons. The standard InChI is InChI=1S/C23H27N7O3S/c1-2-19(31)29-11-3-4-17(13-29)30-23-20(22(24)25-14-26-23)21(28-30)16-7-5-15(6-8-16)12-27-34(32,33)18-9-10-18/h2,5-8,14,17-18,27H,1,3-4,9-13H2,(H2,24,25,26)/t17-/m1/s1. The van der Waals surface area contributed by atoms with Gasteiger partial charge in [0.15, 0.2) is 5.65 Å². The van der Waals surface area contributed by atoms with Crippen LogP contribution in [0.4, 0.5) is 5.82 Å². The van der Waals surface area contributed by atoms with E-state index >= 15 is 0 Å². The van der Waals surface area contributed by atoms with Gasteiger partial charge in [0.1, 0.15) is 17.8 Å². The van der Waals surface area contributed by atoms with Crippen LogP contribution in [0.3, 0.4) is 0 Å². The first kappa shape index (κ1) is 22.5. The molecule has 2 aromatic heterocycles. The van der Waals surface area contributed by atoms with Crippen molar-refractivity contribution in [2.45, 2.75) is 43.5 Å². The van der Waals surface area contributed by atoms with Crippen molar-refractivity contribution in [3.8, 4) is 11.3 Å². The van der Waals surface area contributed by atoms with Gasteiger partial charge in [0.25, 0.3) is 0 Å². The number of nitrogens with two attached hydrogens (primary N) is 1. The zero-order valence-electron chi connectivity index (χ0n) is 18.7. The first-order valence-electron chi connectivity index (χ1n) is 11.3. The van der Waals surface area contributed by atoms with Crippen LogP contribution >= 0.6 is 0 Å². The molecule has 0 unspecified atom stereocenters. The average molecular weight is 482 g/mol. The van der Waals surface area contributed by atoms with Crippen molar-refractivity contribution in [3.63, 3.8) is 0 Å². The highest BCUT2D eigenvalue weighted by atomic mass is 32.2. The molecule has 34 heavy (non-hydrogen) atoms. The molecule has 3 N–H and O–H groups in total. The number of sulfonamides is 1. The van der Waals surface area contributed by atoms with E-state index in [-0.39, 0.29) is 23.7 Å². The lowest BCUT2D eigenvalue weighted by atomic mass is 10.1. The molecule has 1 saturated heterocycles. The summed E-state index contributed by atoms with van der Waals surface area (Å²) in [6, 6.07) is 7.50. The first-order valence-corrected chi connectivity index (χ1v) is 12.9. The Labute approximate surface area is 197 Å². The SMILES string of the molecule is C=CC(=O)N1CCC[C@@H](n2nc(-c3ccc(CNS(=O)(=O)C4CC4)cc3)c3c(N)ncnc32)C1. The molecule has 5 rings (SSSR count). The van der Waals surface area contributed by atoms with E-state index < -0.39 is 10.0 Å². The van der Waals surface area contributed by atoms with Gasteiger partial charge < -0.3 is 10.6 Å². The maximum Gasteiger partial charge on any atom is 0.246 e. The molecule has 1 saturated carbocycles. The Balaban J connectivity index is 1.44. The molecule has 3 heterocycles. The van der Waals surface area contributed by atoms with Crippen LogP contribution in [0.2, 0.25) is 0 Å². The van der Waals surface area contributed by atoms with Crippen molar-refractivity contribution >= 4 is 32.8 Å². The van der Waals surface area contributed by atoms with Gasteiger partial charge in [-0.1, -0.05) is 30.8 Å². The molecular formula is C23H27N7O3S. The van der Waals surface area contributed by atoms with Crippen molar-refractivity contribution in [3.05, 3.63) is 48.8 Å². The number of likely N-dealkylation sites (tertiary alicyclic amines) is 1. The number of benzene rings is 1. The highest BCUT2D eigenvalue weighted by Gasteiger charge is 2.35. The van der Waals surface area contributed by atoms with Crippen LogP contribution in [0.15, 0.2) is 43.2 Å². The van der Waals surface area contributed by atoms with E-state index in [2.05, 4.69) is 21.3 Å². The molecule has 1 aliphatic carbocycles. The van der Waals surface area contributed by atoms with Gasteiger partial charge in [0.05, 0.1) is 16.7 Å². The molecule has 1 aromatic carbocycles. The quantitative estimate of drug-likeness (QED) is 0.493. The fraction of sp³-hybridized carbons (Fsp3) is 0.391. The summed E-state index contributed by atoms with van der Waals surface area (Å²) in [4.78, 5) is 22.6. The molecule has 0 spiro atoms. The maximum absolute atomic E-state index is 12.2. The fourth-order valence-electron chi connectivity index (χ4n) is 4.40. The molecule has 1 atom stereocenters. The lowest BCUT2D eigenvalue weighted by Crippen LogP contribution is -2.40. The van der Waals surface area contributed by atoms with Crippen LogP contribution in [0, 0.1) is 0 Å². The smallest absolute Gasteiger partial charge is 0.246 e. The molecule has 2 aliphatic rings. The molecule has 3 aromatic rings. The summed E-state index contributed by atoms with van der Waals surface area (Å²) in [6.45, 7) is 5.05. The number of aromatic nitrogens is 4. The summed E-state index contributed by atoms with van der Waals surface area (Å²) < 4.78 is 28.7. The van der Waals surface area contributed by atoms with Crippen LogP contribution in [-0.4, -0.2) is 57.3 Å². The summed E-state index contributed by atoms with van der Waals surface area (Å²) >= 11 is 0. The predicted octanol–water partition coefficient (Wildman–Crippen LogP) is 2.01. The Bertz CT molecular complexity index is 1350. The number of piperidine rings is 1. The van der Waals surface area contributed by atoms with Gasteiger partial charge in [-0.2, -0.15) is 5.10 Å². The van der Waals surface area contributed by atoms with Crippen LogP contribution in [0.5, 0.6) is 0 Å². The molecular weight excluding hydrogens is 454 g/mol. The fourth-order valence-corrected chi connectivity index (χ4v) is 5.76. The number of nitrogens with one attached hydrogen (secondary N) is 1. The number of nitrogens with zero attached hydrogens (tertiary/aromatic N) is 5. The molecule has 0 bridgehead atoms. The minimum absolute atomic E-state index is 0.0423. The Morgan fingerprint density at radius 3 is 2.68 bits per heavy atom. The third kappa shape index (κ3) is 4.28. The van der Waals surface area contributed by atoms with E-state index in [1.807, 2.05) is 28.9 Å². The summed E-state index contributed by atoms with van der Waals surface area (Å²) in [5, 5.41) is 5.29. The second-order valence-corrected chi connectivity index (χ2v) is 10.8. The van der Waals surface area contributed by atoms with Gasteiger partial charge in [0.2, 0.25) is 15.9 Å². The second-order valence-electron chi connectivity index (χ2n) is 8.80. The summed E-state index contributed by atoms with van der Waals surface area (Å²) in [5.74, 6) is 0.241. The molecule has 1 aliphatic heterocycles. The largest absolute Gasteiger partial charge is 0.383 e. The lowest BCUT2D eigenvalue weighted by molar-refractivity contribution is -0.127. The van der Waals surface area contributed by atoms with E-state index in [9.17, 15) is 13.2 Å². The van der Waals surface area contributed by atoms with Gasteiger partial charge in [0, 0.05) is 25.2 Å². The third-order valence-electron chi connectivity index (χ3n) is 6.41. The van der Waals surface area contributed by atoms with Crippen molar-refractivity contribution in [2.75, 3.05) is 18.8 Å². The molecule has 1 amide bonds. The van der Waals surface area contributed by atoms with Crippen molar-refractivity contribution in [2.24, 2.45) is 0 Å². The monoisotopic (exact) mass is 481 g/mol. The Morgan fingerprint density at radius 1 is 1.21 bits per heavy atom. The lowest BCUT2D eigenvalue weighted by Gasteiger charge is -2.32. The number of hydrogen-bond donors (Lipinski definition) is 2.